The summed E-state index contributed by atoms with van der Waals surface area (Å²) in [6.07, 6.45) is 6.70. The number of nitrogens with one attached hydrogen (secondary N) is 3. The van der Waals surface area contributed by atoms with E-state index in [0.29, 0.717) is 19.0 Å². The van der Waals surface area contributed by atoms with E-state index >= 15 is 0 Å². The Hall–Kier alpha value is -1.06. The molecule has 0 spiro atoms. The van der Waals surface area contributed by atoms with Gasteiger partial charge in [0.2, 0.25) is 11.8 Å². The van der Waals surface area contributed by atoms with Gasteiger partial charge in [-0.2, -0.15) is 0 Å². The smallest absolute Gasteiger partial charge is 0.225 e. The van der Waals surface area contributed by atoms with Crippen LogP contribution >= 0.6 is 24.0 Å². The maximum Gasteiger partial charge on any atom is 0.225 e. The van der Waals surface area contributed by atoms with Gasteiger partial charge < -0.3 is 20.9 Å². The minimum atomic E-state index is -0.384. The van der Waals surface area contributed by atoms with Gasteiger partial charge in [-0.05, 0) is 26.2 Å². The van der Waals surface area contributed by atoms with Crippen LogP contribution in [0.1, 0.15) is 66.2 Å². The molecule has 1 atom stereocenters. The molecule has 1 saturated heterocycles. The number of halogens is 1. The lowest BCUT2D eigenvalue weighted by Gasteiger charge is -2.26. The summed E-state index contributed by atoms with van der Waals surface area (Å²) in [6, 6.07) is 0.231. The van der Waals surface area contributed by atoms with Crippen LogP contribution in [0.15, 0.2) is 4.99 Å². The summed E-state index contributed by atoms with van der Waals surface area (Å²) in [7, 11) is 0. The number of aliphatic imine (C=N–C) groups is 1. The molecule has 3 N–H and O–H groups in total. The molecule has 2 aliphatic rings. The second kappa shape index (κ2) is 12.6. The molecule has 1 aliphatic carbocycles. The zero-order valence-corrected chi connectivity index (χ0v) is 20.9. The second-order valence-corrected chi connectivity index (χ2v) is 9.02. The van der Waals surface area contributed by atoms with Crippen LogP contribution in [-0.2, 0) is 9.59 Å². The fourth-order valence-corrected chi connectivity index (χ4v) is 3.80. The van der Waals surface area contributed by atoms with Gasteiger partial charge in [-0.1, -0.05) is 40.0 Å². The zero-order valence-electron chi connectivity index (χ0n) is 18.6. The van der Waals surface area contributed by atoms with Gasteiger partial charge in [0.25, 0.3) is 0 Å². The van der Waals surface area contributed by atoms with E-state index in [0.717, 1.165) is 44.9 Å². The molecular weight excluding hydrogens is 481 g/mol. The molecular formula is C21H40IN5O2. The standard InChI is InChI=1S/C21H39N5O2.HI/c1-5-22-20(24-13-12-23-19(28)21(2,3)4)25-17-11-14-26(15-17)18(27)16-9-7-6-8-10-16;/h16-17H,5-15H2,1-4H3,(H,23,28)(H2,22,24,25);1H. The Kier molecular flexibility index (Phi) is 11.3. The van der Waals surface area contributed by atoms with E-state index in [1.54, 1.807) is 0 Å². The van der Waals surface area contributed by atoms with Crippen molar-refractivity contribution in [1.29, 1.82) is 0 Å². The number of carbonyl (C=O) groups excluding carboxylic acids is 2. The molecule has 7 nitrogen and oxygen atoms in total. The average molecular weight is 521 g/mol. The monoisotopic (exact) mass is 521 g/mol. The summed E-state index contributed by atoms with van der Waals surface area (Å²) >= 11 is 0. The van der Waals surface area contributed by atoms with Crippen molar-refractivity contribution in [2.45, 2.75) is 72.3 Å². The second-order valence-electron chi connectivity index (χ2n) is 9.02. The van der Waals surface area contributed by atoms with E-state index < -0.39 is 0 Å². The number of likely N-dealkylation sites (tertiary alicyclic amines) is 1. The van der Waals surface area contributed by atoms with Gasteiger partial charge in [-0.15, -0.1) is 24.0 Å². The predicted octanol–water partition coefficient (Wildman–Crippen LogP) is 2.50. The van der Waals surface area contributed by atoms with Crippen LogP contribution in [0.4, 0.5) is 0 Å². The Balaban J connectivity index is 0.00000420. The first-order chi connectivity index (χ1) is 13.3. The summed E-state index contributed by atoms with van der Waals surface area (Å²) in [6.45, 7) is 11.1. The number of amides is 2. The van der Waals surface area contributed by atoms with Crippen molar-refractivity contribution in [3.8, 4) is 0 Å². The highest BCUT2D eigenvalue weighted by Crippen LogP contribution is 2.26. The third-order valence-electron chi connectivity index (χ3n) is 5.49. The van der Waals surface area contributed by atoms with Gasteiger partial charge in [0, 0.05) is 43.6 Å². The third-order valence-corrected chi connectivity index (χ3v) is 5.49. The SMILES string of the molecule is CCNC(=NCCNC(=O)C(C)(C)C)NC1CCN(C(=O)C2CCCCC2)C1.I. The van der Waals surface area contributed by atoms with Crippen molar-refractivity contribution in [2.24, 2.45) is 16.3 Å². The maximum atomic E-state index is 12.7. The molecule has 1 aliphatic heterocycles. The molecule has 0 radical (unpaired) electrons. The Labute approximate surface area is 193 Å². The molecule has 1 saturated carbocycles. The van der Waals surface area contributed by atoms with Crippen LogP contribution in [0.5, 0.6) is 0 Å². The first-order valence-corrected chi connectivity index (χ1v) is 10.9. The van der Waals surface area contributed by atoms with Crippen molar-refractivity contribution in [2.75, 3.05) is 32.7 Å². The van der Waals surface area contributed by atoms with E-state index in [1.165, 1.54) is 19.3 Å². The van der Waals surface area contributed by atoms with Crippen molar-refractivity contribution in [1.82, 2.24) is 20.9 Å². The van der Waals surface area contributed by atoms with Crippen LogP contribution in [0.3, 0.4) is 0 Å². The fraction of sp³-hybridized carbons (Fsp3) is 0.857. The topological polar surface area (TPSA) is 85.8 Å². The lowest BCUT2D eigenvalue weighted by atomic mass is 9.88. The quantitative estimate of drug-likeness (QED) is 0.217. The summed E-state index contributed by atoms with van der Waals surface area (Å²) in [5.74, 6) is 1.37. The first kappa shape index (κ1) is 26.0. The molecule has 2 amide bonds. The number of nitrogens with zero attached hydrogens (tertiary/aromatic N) is 2. The Morgan fingerprint density at radius 2 is 1.76 bits per heavy atom. The molecule has 0 aromatic rings. The number of hydrogen-bond donors (Lipinski definition) is 3. The minimum absolute atomic E-state index is 0. The van der Waals surface area contributed by atoms with Gasteiger partial charge in [0.1, 0.15) is 0 Å². The zero-order chi connectivity index (χ0) is 20.6. The van der Waals surface area contributed by atoms with Gasteiger partial charge in [0.05, 0.1) is 6.54 Å². The molecule has 1 heterocycles. The highest BCUT2D eigenvalue weighted by Gasteiger charge is 2.31. The lowest BCUT2D eigenvalue weighted by molar-refractivity contribution is -0.135. The number of hydrogen-bond acceptors (Lipinski definition) is 3. The van der Waals surface area contributed by atoms with E-state index in [4.69, 9.17) is 0 Å². The normalized spacial score (nSPS) is 20.8. The van der Waals surface area contributed by atoms with Gasteiger partial charge in [-0.25, -0.2) is 0 Å². The molecule has 8 heteroatoms. The Morgan fingerprint density at radius 3 is 2.38 bits per heavy atom. The Bertz CT molecular complexity index is 556. The van der Waals surface area contributed by atoms with Gasteiger partial charge in [0.15, 0.2) is 5.96 Å². The lowest BCUT2D eigenvalue weighted by Crippen LogP contribution is -2.46. The predicted molar refractivity (Wildman–Crippen MR) is 129 cm³/mol. The van der Waals surface area contributed by atoms with Crippen LogP contribution in [0.25, 0.3) is 0 Å². The molecule has 0 aromatic heterocycles. The van der Waals surface area contributed by atoms with E-state index in [9.17, 15) is 9.59 Å². The largest absolute Gasteiger partial charge is 0.357 e. The summed E-state index contributed by atoms with van der Waals surface area (Å²) in [5.41, 5.74) is -0.384. The van der Waals surface area contributed by atoms with Gasteiger partial charge >= 0.3 is 0 Å². The van der Waals surface area contributed by atoms with Crippen LogP contribution < -0.4 is 16.0 Å². The molecule has 1 unspecified atom stereocenters. The highest BCUT2D eigenvalue weighted by molar-refractivity contribution is 14.0. The van der Waals surface area contributed by atoms with Crippen LogP contribution in [0.2, 0.25) is 0 Å². The molecule has 2 fully saturated rings. The van der Waals surface area contributed by atoms with Crippen LogP contribution in [0, 0.1) is 11.3 Å². The average Bonchev–Trinajstić information content (AvgIpc) is 3.13. The van der Waals surface area contributed by atoms with Crippen LogP contribution in [-0.4, -0.2) is 61.4 Å². The molecule has 0 bridgehead atoms. The fourth-order valence-electron chi connectivity index (χ4n) is 3.80. The van der Waals surface area contributed by atoms with Crippen molar-refractivity contribution in [3.05, 3.63) is 0 Å². The molecule has 0 aromatic carbocycles. The number of guanidine groups is 1. The van der Waals surface area contributed by atoms with Gasteiger partial charge in [-0.3, -0.25) is 14.6 Å². The summed E-state index contributed by atoms with van der Waals surface area (Å²) in [5, 5.41) is 9.63. The van der Waals surface area contributed by atoms with Crippen molar-refractivity contribution in [3.63, 3.8) is 0 Å². The first-order valence-electron chi connectivity index (χ1n) is 10.9. The minimum Gasteiger partial charge on any atom is -0.357 e. The van der Waals surface area contributed by atoms with E-state index in [1.807, 2.05) is 32.6 Å². The van der Waals surface area contributed by atoms with Crippen molar-refractivity contribution < 1.29 is 9.59 Å². The van der Waals surface area contributed by atoms with E-state index in [2.05, 4.69) is 20.9 Å². The van der Waals surface area contributed by atoms with Crippen molar-refractivity contribution >= 4 is 41.8 Å². The number of rotatable bonds is 6. The maximum absolute atomic E-state index is 12.7. The van der Waals surface area contributed by atoms with E-state index in [-0.39, 0.29) is 47.3 Å². The Morgan fingerprint density at radius 1 is 1.07 bits per heavy atom. The summed E-state index contributed by atoms with van der Waals surface area (Å²) < 4.78 is 0. The summed E-state index contributed by atoms with van der Waals surface area (Å²) in [4.78, 5) is 31.2. The third kappa shape index (κ3) is 8.68. The highest BCUT2D eigenvalue weighted by atomic mass is 127. The number of carbonyl (C=O) groups is 2. The molecule has 2 rings (SSSR count). The molecule has 168 valence electrons. The molecule has 29 heavy (non-hydrogen) atoms.